The van der Waals surface area contributed by atoms with Gasteiger partial charge < -0.3 is 10.1 Å². The van der Waals surface area contributed by atoms with E-state index in [1.165, 1.54) is 0 Å². The number of amides is 1. The molecular formula is C24H25BrN4O2S. The summed E-state index contributed by atoms with van der Waals surface area (Å²) in [5.74, 6) is 0.484. The first-order valence-electron chi connectivity index (χ1n) is 10.3. The molecule has 2 aromatic carbocycles. The van der Waals surface area contributed by atoms with E-state index in [9.17, 15) is 4.79 Å². The number of aromatic nitrogens is 3. The molecule has 4 rings (SSSR count). The van der Waals surface area contributed by atoms with Crippen LogP contribution in [0.4, 0.5) is 5.69 Å². The number of thiazole rings is 1. The van der Waals surface area contributed by atoms with Crippen LogP contribution in [-0.4, -0.2) is 27.3 Å². The number of fused-ring (bicyclic) bond motifs is 1. The van der Waals surface area contributed by atoms with Gasteiger partial charge in [0.15, 0.2) is 6.61 Å². The average molecular weight is 513 g/mol. The first kappa shape index (κ1) is 22.5. The first-order valence-corrected chi connectivity index (χ1v) is 11.9. The van der Waals surface area contributed by atoms with Crippen molar-refractivity contribution in [2.45, 2.75) is 41.5 Å². The van der Waals surface area contributed by atoms with Crippen LogP contribution in [0, 0.1) is 41.5 Å². The van der Waals surface area contributed by atoms with E-state index in [0.717, 1.165) is 59.1 Å². The maximum Gasteiger partial charge on any atom is 0.262 e. The zero-order chi connectivity index (χ0) is 23.2. The maximum atomic E-state index is 12.7. The number of nitrogens with one attached hydrogen (secondary N) is 1. The Bertz CT molecular complexity index is 1330. The minimum absolute atomic E-state index is 0.0703. The number of hydrogen-bond acceptors (Lipinski definition) is 5. The molecule has 0 spiro atoms. The molecule has 0 fully saturated rings. The summed E-state index contributed by atoms with van der Waals surface area (Å²) in [7, 11) is 0. The van der Waals surface area contributed by atoms with Gasteiger partial charge in [-0.25, -0.2) is 9.67 Å². The number of ether oxygens (including phenoxy) is 1. The Balaban J connectivity index is 1.58. The van der Waals surface area contributed by atoms with Gasteiger partial charge in [-0.1, -0.05) is 17.4 Å². The number of benzene rings is 2. The summed E-state index contributed by atoms with van der Waals surface area (Å²) >= 11 is 5.09. The van der Waals surface area contributed by atoms with Crippen LogP contribution < -0.4 is 10.1 Å². The van der Waals surface area contributed by atoms with Crippen molar-refractivity contribution >= 4 is 49.1 Å². The molecule has 4 aromatic rings. The van der Waals surface area contributed by atoms with Crippen molar-refractivity contribution < 1.29 is 9.53 Å². The third-order valence-corrected chi connectivity index (χ3v) is 7.04. The second-order valence-electron chi connectivity index (χ2n) is 8.11. The Morgan fingerprint density at radius 3 is 2.50 bits per heavy atom. The maximum absolute atomic E-state index is 12.7. The minimum Gasteiger partial charge on any atom is -0.482 e. The van der Waals surface area contributed by atoms with Gasteiger partial charge in [0.25, 0.3) is 5.91 Å². The minimum atomic E-state index is -0.203. The van der Waals surface area contributed by atoms with Gasteiger partial charge in [0.2, 0.25) is 5.13 Å². The summed E-state index contributed by atoms with van der Waals surface area (Å²) in [6, 6.07) is 8.05. The number of nitrogens with zero attached hydrogens (tertiary/aromatic N) is 3. The molecule has 2 heterocycles. The molecule has 0 aliphatic rings. The Kier molecular flexibility index (Phi) is 6.09. The number of carbonyl (C=O) groups excluding carboxylic acids is 1. The largest absolute Gasteiger partial charge is 0.482 e. The van der Waals surface area contributed by atoms with Crippen LogP contribution in [0.1, 0.15) is 33.6 Å². The Hall–Kier alpha value is -2.71. The second-order valence-corrected chi connectivity index (χ2v) is 9.94. The van der Waals surface area contributed by atoms with Crippen LogP contribution in [0.25, 0.3) is 15.3 Å². The lowest BCUT2D eigenvalue weighted by Gasteiger charge is -2.14. The van der Waals surface area contributed by atoms with Crippen LogP contribution >= 0.6 is 27.3 Å². The predicted molar refractivity (Wildman–Crippen MR) is 133 cm³/mol. The Morgan fingerprint density at radius 2 is 1.84 bits per heavy atom. The van der Waals surface area contributed by atoms with Crippen LogP contribution in [-0.2, 0) is 4.79 Å². The van der Waals surface area contributed by atoms with Crippen molar-refractivity contribution in [1.82, 2.24) is 14.8 Å². The molecule has 0 unspecified atom stereocenters. The van der Waals surface area contributed by atoms with Crippen molar-refractivity contribution in [3.63, 3.8) is 0 Å². The molecular weight excluding hydrogens is 488 g/mol. The van der Waals surface area contributed by atoms with Gasteiger partial charge in [-0.05, 0) is 97.9 Å². The highest BCUT2D eigenvalue weighted by Gasteiger charge is 2.17. The standard InChI is InChI=1S/C24H25BrN4O2S/c1-12-7-14(3)22(18(25)8-12)31-11-20(30)27-21-13(2)9-19-23(17(21)6)32-24(26-19)29-16(5)10-15(4)28-29/h7-10H,11H2,1-6H3,(H,27,30). The molecule has 166 valence electrons. The van der Waals surface area contributed by atoms with Gasteiger partial charge in [0.05, 0.1) is 20.4 Å². The fourth-order valence-corrected chi connectivity index (χ4v) is 5.73. The third kappa shape index (κ3) is 4.29. The lowest BCUT2D eigenvalue weighted by molar-refractivity contribution is -0.118. The number of carbonyl (C=O) groups is 1. The lowest BCUT2D eigenvalue weighted by Crippen LogP contribution is -2.21. The molecule has 0 aliphatic carbocycles. The fourth-order valence-electron chi connectivity index (χ4n) is 3.88. The molecule has 0 radical (unpaired) electrons. The third-order valence-electron chi connectivity index (χ3n) is 5.28. The Morgan fingerprint density at radius 1 is 1.09 bits per heavy atom. The highest BCUT2D eigenvalue weighted by Crippen LogP contribution is 2.35. The molecule has 6 nitrogen and oxygen atoms in total. The van der Waals surface area contributed by atoms with Crippen LogP contribution in [0.15, 0.2) is 28.7 Å². The van der Waals surface area contributed by atoms with Crippen molar-refractivity contribution in [3.05, 3.63) is 62.4 Å². The van der Waals surface area contributed by atoms with Crippen molar-refractivity contribution in [2.24, 2.45) is 0 Å². The molecule has 0 atom stereocenters. The summed E-state index contributed by atoms with van der Waals surface area (Å²) in [6.45, 7) is 11.9. The van der Waals surface area contributed by atoms with Gasteiger partial charge in [-0.15, -0.1) is 0 Å². The molecule has 1 amide bonds. The molecule has 0 saturated heterocycles. The van der Waals surface area contributed by atoms with E-state index in [-0.39, 0.29) is 12.5 Å². The molecule has 0 saturated carbocycles. The van der Waals surface area contributed by atoms with Crippen LogP contribution in [0.2, 0.25) is 0 Å². The molecule has 0 aliphatic heterocycles. The quantitative estimate of drug-likeness (QED) is 0.350. The van der Waals surface area contributed by atoms with E-state index in [1.54, 1.807) is 11.3 Å². The number of rotatable bonds is 5. The van der Waals surface area contributed by atoms with E-state index in [0.29, 0.717) is 5.75 Å². The summed E-state index contributed by atoms with van der Waals surface area (Å²) in [5, 5.41) is 8.40. The van der Waals surface area contributed by atoms with E-state index < -0.39 is 0 Å². The number of aryl methyl sites for hydroxylation is 6. The zero-order valence-electron chi connectivity index (χ0n) is 19.0. The van der Waals surface area contributed by atoms with E-state index in [4.69, 9.17) is 9.72 Å². The van der Waals surface area contributed by atoms with Gasteiger partial charge in [-0.2, -0.15) is 5.10 Å². The predicted octanol–water partition coefficient (Wildman–Crippen LogP) is 6.11. The molecule has 1 N–H and O–H groups in total. The van der Waals surface area contributed by atoms with Crippen molar-refractivity contribution in [2.75, 3.05) is 11.9 Å². The van der Waals surface area contributed by atoms with Gasteiger partial charge in [0.1, 0.15) is 5.75 Å². The highest BCUT2D eigenvalue weighted by molar-refractivity contribution is 9.10. The van der Waals surface area contributed by atoms with Crippen LogP contribution in [0.5, 0.6) is 5.75 Å². The molecule has 32 heavy (non-hydrogen) atoms. The monoisotopic (exact) mass is 512 g/mol. The van der Waals surface area contributed by atoms with E-state index >= 15 is 0 Å². The molecule has 8 heteroatoms. The number of anilines is 1. The smallest absolute Gasteiger partial charge is 0.262 e. The Labute approximate surface area is 199 Å². The summed E-state index contributed by atoms with van der Waals surface area (Å²) < 4.78 is 9.56. The van der Waals surface area contributed by atoms with Crippen molar-refractivity contribution in [3.8, 4) is 10.9 Å². The highest BCUT2D eigenvalue weighted by atomic mass is 79.9. The van der Waals surface area contributed by atoms with Gasteiger partial charge in [-0.3, -0.25) is 4.79 Å². The number of halogens is 1. The summed E-state index contributed by atoms with van der Waals surface area (Å²) in [4.78, 5) is 17.5. The van der Waals surface area contributed by atoms with Crippen LogP contribution in [0.3, 0.4) is 0 Å². The lowest BCUT2D eigenvalue weighted by atomic mass is 10.1. The topological polar surface area (TPSA) is 69.0 Å². The normalized spacial score (nSPS) is 11.2. The molecule has 2 aromatic heterocycles. The second kappa shape index (κ2) is 8.67. The van der Waals surface area contributed by atoms with Gasteiger partial charge >= 0.3 is 0 Å². The van der Waals surface area contributed by atoms with E-state index in [2.05, 4.69) is 26.3 Å². The SMILES string of the molecule is Cc1cc(C)c(OCC(=O)Nc2c(C)cc3nc(-n4nc(C)cc4C)sc3c2C)c(Br)c1. The van der Waals surface area contributed by atoms with E-state index in [1.807, 2.05) is 70.5 Å². The number of hydrogen-bond donors (Lipinski definition) is 1. The van der Waals surface area contributed by atoms with Crippen molar-refractivity contribution in [1.29, 1.82) is 0 Å². The van der Waals surface area contributed by atoms with Gasteiger partial charge in [0, 0.05) is 11.4 Å². The summed E-state index contributed by atoms with van der Waals surface area (Å²) in [6.07, 6.45) is 0. The first-order chi connectivity index (χ1) is 15.1. The average Bonchev–Trinajstić information content (AvgIpc) is 3.26. The summed E-state index contributed by atoms with van der Waals surface area (Å²) in [5.41, 5.74) is 7.77. The molecule has 0 bridgehead atoms. The zero-order valence-corrected chi connectivity index (χ0v) is 21.4. The fraction of sp³-hybridized carbons (Fsp3) is 0.292.